The molecule has 2 aliphatic heterocycles. The number of carbonyl (C=O) groups is 2. The molecule has 1 atom stereocenters. The average molecular weight is 504 g/mol. The Bertz CT molecular complexity index is 1020. The predicted octanol–water partition coefficient (Wildman–Crippen LogP) is 5.52. The standard InChI is InChI=1S/C25H30BrNO5/c1-5-6-7-8-30-24(29)21-14(2)27-17-11-25(3,4)12-18(28)23(17)22(21)15-9-19-20(10-16(15)26)32-13-31-19/h9-10,22,27H,5-8,11-13H2,1-4H3/t22-/m1/s1. The molecule has 0 bridgehead atoms. The van der Waals surface area contributed by atoms with Crippen molar-refractivity contribution in [2.45, 2.75) is 65.7 Å². The zero-order chi connectivity index (χ0) is 23.0. The molecular weight excluding hydrogens is 474 g/mol. The fourth-order valence-electron chi connectivity index (χ4n) is 4.77. The summed E-state index contributed by atoms with van der Waals surface area (Å²) in [5.74, 6) is 0.398. The van der Waals surface area contributed by atoms with Crippen molar-refractivity contribution in [3.8, 4) is 11.5 Å². The molecule has 32 heavy (non-hydrogen) atoms. The molecule has 1 N–H and O–H groups in total. The number of allylic oxidation sites excluding steroid dienone is 3. The Hall–Kier alpha value is -2.28. The number of carbonyl (C=O) groups excluding carboxylic acids is 2. The number of hydrogen-bond acceptors (Lipinski definition) is 6. The van der Waals surface area contributed by atoms with E-state index >= 15 is 0 Å². The minimum atomic E-state index is -0.530. The van der Waals surface area contributed by atoms with Crippen molar-refractivity contribution in [2.24, 2.45) is 5.41 Å². The number of rotatable bonds is 6. The number of Topliss-reactive ketones (excluding diaryl/α,β-unsaturated/α-hetero) is 1. The second-order valence-electron chi connectivity index (χ2n) is 9.50. The first-order chi connectivity index (χ1) is 15.2. The number of dihydropyridines is 1. The van der Waals surface area contributed by atoms with Crippen LogP contribution >= 0.6 is 15.9 Å². The third-order valence-electron chi connectivity index (χ3n) is 6.24. The van der Waals surface area contributed by atoms with E-state index in [-0.39, 0.29) is 24.0 Å². The van der Waals surface area contributed by atoms with Crippen molar-refractivity contribution in [3.05, 3.63) is 44.7 Å². The summed E-state index contributed by atoms with van der Waals surface area (Å²) in [4.78, 5) is 26.7. The monoisotopic (exact) mass is 503 g/mol. The lowest BCUT2D eigenvalue weighted by Crippen LogP contribution is -2.38. The molecule has 6 nitrogen and oxygen atoms in total. The van der Waals surface area contributed by atoms with E-state index in [2.05, 4.69) is 42.0 Å². The molecule has 0 saturated carbocycles. The quantitative estimate of drug-likeness (QED) is 0.407. The van der Waals surface area contributed by atoms with Crippen LogP contribution in [-0.4, -0.2) is 25.2 Å². The van der Waals surface area contributed by atoms with Crippen LogP contribution < -0.4 is 14.8 Å². The zero-order valence-electron chi connectivity index (χ0n) is 19.1. The summed E-state index contributed by atoms with van der Waals surface area (Å²) in [5.41, 5.74) is 3.40. The zero-order valence-corrected chi connectivity index (χ0v) is 20.7. The molecule has 0 unspecified atom stereocenters. The summed E-state index contributed by atoms with van der Waals surface area (Å²) in [6.07, 6.45) is 4.05. The first-order valence-corrected chi connectivity index (χ1v) is 12.0. The lowest BCUT2D eigenvalue weighted by molar-refractivity contribution is -0.139. The Kier molecular flexibility index (Phi) is 6.39. The second kappa shape index (κ2) is 8.93. The molecule has 0 fully saturated rings. The van der Waals surface area contributed by atoms with E-state index < -0.39 is 5.92 Å². The number of benzene rings is 1. The number of ketones is 1. The summed E-state index contributed by atoms with van der Waals surface area (Å²) in [7, 11) is 0. The van der Waals surface area contributed by atoms with E-state index in [1.54, 1.807) is 0 Å². The van der Waals surface area contributed by atoms with E-state index in [1.165, 1.54) is 0 Å². The lowest BCUT2D eigenvalue weighted by Gasteiger charge is -2.39. The molecule has 172 valence electrons. The molecule has 2 heterocycles. The van der Waals surface area contributed by atoms with Gasteiger partial charge in [-0.3, -0.25) is 4.79 Å². The van der Waals surface area contributed by atoms with Crippen molar-refractivity contribution < 1.29 is 23.8 Å². The molecule has 4 rings (SSSR count). The molecule has 0 radical (unpaired) electrons. The summed E-state index contributed by atoms with van der Waals surface area (Å²) in [6, 6.07) is 3.72. The highest BCUT2D eigenvalue weighted by Crippen LogP contribution is 2.50. The highest BCUT2D eigenvalue weighted by molar-refractivity contribution is 9.10. The highest BCUT2D eigenvalue weighted by Gasteiger charge is 2.44. The molecule has 0 saturated heterocycles. The molecule has 7 heteroatoms. The molecule has 0 aromatic heterocycles. The lowest BCUT2D eigenvalue weighted by atomic mass is 9.68. The Morgan fingerprint density at radius 3 is 2.66 bits per heavy atom. The third kappa shape index (κ3) is 4.32. The maximum Gasteiger partial charge on any atom is 0.336 e. The van der Waals surface area contributed by atoms with Gasteiger partial charge in [0.05, 0.1) is 12.2 Å². The number of unbranched alkanes of at least 4 members (excludes halogenated alkanes) is 2. The van der Waals surface area contributed by atoms with Gasteiger partial charge in [-0.1, -0.05) is 49.5 Å². The number of hydrogen-bond donors (Lipinski definition) is 1. The molecule has 0 amide bonds. The van der Waals surface area contributed by atoms with Gasteiger partial charge in [0.2, 0.25) is 6.79 Å². The van der Waals surface area contributed by atoms with Gasteiger partial charge in [0.15, 0.2) is 17.3 Å². The van der Waals surface area contributed by atoms with Crippen molar-refractivity contribution >= 4 is 27.7 Å². The SMILES string of the molecule is CCCCCOC(=O)C1=C(C)NC2=C(C(=O)CC(C)(C)C2)[C@@H]1c1cc2c(cc1Br)OCO2. The molecular formula is C25H30BrNO5. The third-order valence-corrected chi connectivity index (χ3v) is 6.93. The van der Waals surface area contributed by atoms with Gasteiger partial charge in [0.25, 0.3) is 0 Å². The average Bonchev–Trinajstić information content (AvgIpc) is 3.15. The van der Waals surface area contributed by atoms with Gasteiger partial charge in [0, 0.05) is 33.8 Å². The van der Waals surface area contributed by atoms with Crippen LogP contribution in [0.25, 0.3) is 0 Å². The van der Waals surface area contributed by atoms with Crippen LogP contribution in [0, 0.1) is 5.41 Å². The number of fused-ring (bicyclic) bond motifs is 1. The van der Waals surface area contributed by atoms with Gasteiger partial charge in [-0.2, -0.15) is 0 Å². The van der Waals surface area contributed by atoms with Crippen LogP contribution in [0.5, 0.6) is 11.5 Å². The van der Waals surface area contributed by atoms with Gasteiger partial charge >= 0.3 is 5.97 Å². The molecule has 1 aliphatic carbocycles. The van der Waals surface area contributed by atoms with E-state index in [0.717, 1.165) is 47.1 Å². The van der Waals surface area contributed by atoms with Gasteiger partial charge in [-0.05, 0) is 42.9 Å². The van der Waals surface area contributed by atoms with E-state index in [0.29, 0.717) is 35.7 Å². The summed E-state index contributed by atoms with van der Waals surface area (Å²) >= 11 is 3.65. The number of halogens is 1. The smallest absolute Gasteiger partial charge is 0.336 e. The fraction of sp³-hybridized carbons (Fsp3) is 0.520. The van der Waals surface area contributed by atoms with Gasteiger partial charge in [0.1, 0.15) is 0 Å². The van der Waals surface area contributed by atoms with Crippen LogP contribution in [0.4, 0.5) is 0 Å². The first kappa shape index (κ1) is 22.9. The Morgan fingerprint density at radius 2 is 1.94 bits per heavy atom. The highest BCUT2D eigenvalue weighted by atomic mass is 79.9. The van der Waals surface area contributed by atoms with Gasteiger partial charge in [-0.15, -0.1) is 0 Å². The van der Waals surface area contributed by atoms with Crippen molar-refractivity contribution in [1.29, 1.82) is 0 Å². The molecule has 3 aliphatic rings. The minimum Gasteiger partial charge on any atom is -0.462 e. The van der Waals surface area contributed by atoms with Crippen molar-refractivity contribution in [3.63, 3.8) is 0 Å². The molecule has 1 aromatic rings. The van der Waals surface area contributed by atoms with Crippen molar-refractivity contribution in [1.82, 2.24) is 5.32 Å². The Labute approximate surface area is 197 Å². The minimum absolute atomic E-state index is 0.0575. The fourth-order valence-corrected chi connectivity index (χ4v) is 5.32. The maximum atomic E-state index is 13.4. The number of ether oxygens (including phenoxy) is 3. The van der Waals surface area contributed by atoms with Crippen LogP contribution in [0.1, 0.15) is 71.3 Å². The summed E-state index contributed by atoms with van der Waals surface area (Å²) in [6.45, 7) is 8.70. The van der Waals surface area contributed by atoms with Crippen LogP contribution in [0.2, 0.25) is 0 Å². The summed E-state index contributed by atoms with van der Waals surface area (Å²) < 4.78 is 17.5. The first-order valence-electron chi connectivity index (χ1n) is 11.2. The van der Waals surface area contributed by atoms with E-state index in [9.17, 15) is 9.59 Å². The van der Waals surface area contributed by atoms with Gasteiger partial charge in [-0.25, -0.2) is 4.79 Å². The second-order valence-corrected chi connectivity index (χ2v) is 10.4. The normalized spacial score (nSPS) is 21.4. The van der Waals surface area contributed by atoms with E-state index in [1.807, 2.05) is 19.1 Å². The topological polar surface area (TPSA) is 73.9 Å². The molecule has 1 aromatic carbocycles. The van der Waals surface area contributed by atoms with Crippen LogP contribution in [0.15, 0.2) is 39.1 Å². The van der Waals surface area contributed by atoms with Gasteiger partial charge < -0.3 is 19.5 Å². The van der Waals surface area contributed by atoms with Crippen LogP contribution in [-0.2, 0) is 14.3 Å². The van der Waals surface area contributed by atoms with Crippen molar-refractivity contribution in [2.75, 3.05) is 13.4 Å². The van der Waals surface area contributed by atoms with E-state index in [4.69, 9.17) is 14.2 Å². The maximum absolute atomic E-state index is 13.4. The Morgan fingerprint density at radius 1 is 1.22 bits per heavy atom. The number of esters is 1. The number of nitrogens with one attached hydrogen (secondary N) is 1. The van der Waals surface area contributed by atoms with Crippen LogP contribution in [0.3, 0.4) is 0 Å². The summed E-state index contributed by atoms with van der Waals surface area (Å²) in [5, 5.41) is 3.37. The largest absolute Gasteiger partial charge is 0.462 e. The Balaban J connectivity index is 1.79. The molecule has 0 spiro atoms. The predicted molar refractivity (Wildman–Crippen MR) is 124 cm³/mol.